The Morgan fingerprint density at radius 2 is 1.71 bits per heavy atom. The SMILES string of the molecule is CC(=O)NCCCNC(=O)[C@@H](N)CC(C)C.Cl. The Labute approximate surface area is 109 Å². The standard InChI is InChI=1S/C11H23N3O2.ClH/c1-8(2)7-10(12)11(16)14-6-4-5-13-9(3)15;/h8,10H,4-7,12H2,1-3H3,(H,13,15)(H,14,16);1H/t10-;/m0./s1. The van der Waals surface area contributed by atoms with Gasteiger partial charge in [0.1, 0.15) is 0 Å². The first-order valence-electron chi connectivity index (χ1n) is 5.71. The maximum Gasteiger partial charge on any atom is 0.236 e. The van der Waals surface area contributed by atoms with E-state index in [1.54, 1.807) is 0 Å². The molecule has 0 aliphatic heterocycles. The number of rotatable bonds is 7. The molecule has 1 atom stereocenters. The molecule has 0 unspecified atom stereocenters. The number of hydrogen-bond donors (Lipinski definition) is 3. The molecule has 17 heavy (non-hydrogen) atoms. The highest BCUT2D eigenvalue weighted by Crippen LogP contribution is 2.02. The summed E-state index contributed by atoms with van der Waals surface area (Å²) in [5, 5.41) is 5.41. The molecule has 0 rings (SSSR count). The highest BCUT2D eigenvalue weighted by atomic mass is 35.5. The lowest BCUT2D eigenvalue weighted by atomic mass is 10.0. The van der Waals surface area contributed by atoms with Gasteiger partial charge in [0.05, 0.1) is 6.04 Å². The highest BCUT2D eigenvalue weighted by Gasteiger charge is 2.13. The normalized spacial score (nSPS) is 11.6. The number of halogens is 1. The van der Waals surface area contributed by atoms with Gasteiger partial charge in [0.15, 0.2) is 0 Å². The van der Waals surface area contributed by atoms with Gasteiger partial charge in [-0.25, -0.2) is 0 Å². The van der Waals surface area contributed by atoms with Crippen molar-refractivity contribution in [2.24, 2.45) is 11.7 Å². The summed E-state index contributed by atoms with van der Waals surface area (Å²) in [6.45, 7) is 6.66. The molecule has 102 valence electrons. The van der Waals surface area contributed by atoms with Crippen LogP contribution in [0.2, 0.25) is 0 Å². The van der Waals surface area contributed by atoms with Crippen molar-refractivity contribution in [3.8, 4) is 0 Å². The summed E-state index contributed by atoms with van der Waals surface area (Å²) in [4.78, 5) is 22.0. The predicted octanol–water partition coefficient (Wildman–Crippen LogP) is 0.424. The second-order valence-corrected chi connectivity index (χ2v) is 4.36. The first kappa shape index (κ1) is 18.6. The first-order chi connectivity index (χ1) is 7.43. The minimum Gasteiger partial charge on any atom is -0.356 e. The van der Waals surface area contributed by atoms with Crippen LogP contribution in [-0.2, 0) is 9.59 Å². The molecule has 0 spiro atoms. The third kappa shape index (κ3) is 11.5. The molecular formula is C11H24ClN3O2. The summed E-state index contributed by atoms with van der Waals surface area (Å²) in [5.74, 6) is 0.250. The Morgan fingerprint density at radius 1 is 1.18 bits per heavy atom. The van der Waals surface area contributed by atoms with Crippen molar-refractivity contribution in [2.75, 3.05) is 13.1 Å². The number of carbonyl (C=O) groups is 2. The van der Waals surface area contributed by atoms with Crippen LogP contribution in [0.3, 0.4) is 0 Å². The second kappa shape index (κ2) is 10.4. The van der Waals surface area contributed by atoms with Crippen molar-refractivity contribution < 1.29 is 9.59 Å². The Morgan fingerprint density at radius 3 is 2.18 bits per heavy atom. The zero-order chi connectivity index (χ0) is 12.6. The third-order valence-electron chi connectivity index (χ3n) is 2.09. The van der Waals surface area contributed by atoms with Crippen molar-refractivity contribution >= 4 is 24.2 Å². The fraction of sp³-hybridized carbons (Fsp3) is 0.818. The number of nitrogens with one attached hydrogen (secondary N) is 2. The van der Waals surface area contributed by atoms with Crippen molar-refractivity contribution in [1.82, 2.24) is 10.6 Å². The zero-order valence-electron chi connectivity index (χ0n) is 10.8. The predicted molar refractivity (Wildman–Crippen MR) is 71.0 cm³/mol. The minimum absolute atomic E-state index is 0. The van der Waals surface area contributed by atoms with E-state index in [-0.39, 0.29) is 24.2 Å². The Balaban J connectivity index is 0. The van der Waals surface area contributed by atoms with Crippen molar-refractivity contribution in [1.29, 1.82) is 0 Å². The quantitative estimate of drug-likeness (QED) is 0.584. The summed E-state index contributed by atoms with van der Waals surface area (Å²) < 4.78 is 0. The van der Waals surface area contributed by atoms with E-state index in [2.05, 4.69) is 10.6 Å². The lowest BCUT2D eigenvalue weighted by molar-refractivity contribution is -0.122. The van der Waals surface area contributed by atoms with Crippen LogP contribution < -0.4 is 16.4 Å². The molecule has 0 fully saturated rings. The first-order valence-corrected chi connectivity index (χ1v) is 5.71. The van der Waals surface area contributed by atoms with Gasteiger partial charge < -0.3 is 16.4 Å². The minimum atomic E-state index is -0.430. The van der Waals surface area contributed by atoms with Crippen molar-refractivity contribution in [2.45, 2.75) is 39.7 Å². The van der Waals surface area contributed by atoms with Gasteiger partial charge in [-0.3, -0.25) is 9.59 Å². The number of amides is 2. The molecule has 0 saturated heterocycles. The van der Waals surface area contributed by atoms with E-state index < -0.39 is 6.04 Å². The molecule has 5 nitrogen and oxygen atoms in total. The number of hydrogen-bond acceptors (Lipinski definition) is 3. The van der Waals surface area contributed by atoms with Crippen LogP contribution in [0.5, 0.6) is 0 Å². The topological polar surface area (TPSA) is 84.2 Å². The van der Waals surface area contributed by atoms with Crippen LogP contribution in [0, 0.1) is 5.92 Å². The largest absolute Gasteiger partial charge is 0.356 e. The van der Waals surface area contributed by atoms with Crippen LogP contribution in [0.25, 0.3) is 0 Å². The van der Waals surface area contributed by atoms with E-state index in [1.165, 1.54) is 6.92 Å². The lowest BCUT2D eigenvalue weighted by Gasteiger charge is -2.14. The molecule has 0 radical (unpaired) electrons. The maximum atomic E-state index is 11.5. The molecule has 0 bridgehead atoms. The lowest BCUT2D eigenvalue weighted by Crippen LogP contribution is -2.42. The Hall–Kier alpha value is -0.810. The molecule has 0 aliphatic carbocycles. The molecule has 2 amide bonds. The average molecular weight is 266 g/mol. The van der Waals surface area contributed by atoms with Crippen LogP contribution in [-0.4, -0.2) is 30.9 Å². The van der Waals surface area contributed by atoms with Crippen molar-refractivity contribution in [3.63, 3.8) is 0 Å². The molecule has 4 N–H and O–H groups in total. The maximum absolute atomic E-state index is 11.5. The summed E-state index contributed by atoms with van der Waals surface area (Å²) >= 11 is 0. The monoisotopic (exact) mass is 265 g/mol. The van der Waals surface area contributed by atoms with E-state index in [9.17, 15) is 9.59 Å². The van der Waals surface area contributed by atoms with Gasteiger partial charge in [-0.05, 0) is 18.8 Å². The number of nitrogens with two attached hydrogens (primary N) is 1. The second-order valence-electron chi connectivity index (χ2n) is 4.36. The molecule has 0 heterocycles. The van der Waals surface area contributed by atoms with Gasteiger partial charge in [0.2, 0.25) is 11.8 Å². The highest BCUT2D eigenvalue weighted by molar-refractivity contribution is 5.85. The zero-order valence-corrected chi connectivity index (χ0v) is 11.6. The van der Waals surface area contributed by atoms with E-state index in [1.807, 2.05) is 13.8 Å². The summed E-state index contributed by atoms with van der Waals surface area (Å²) in [7, 11) is 0. The van der Waals surface area contributed by atoms with Gasteiger partial charge >= 0.3 is 0 Å². The van der Waals surface area contributed by atoms with E-state index in [4.69, 9.17) is 5.73 Å². The van der Waals surface area contributed by atoms with Crippen molar-refractivity contribution in [3.05, 3.63) is 0 Å². The Kier molecular flexibility index (Phi) is 11.3. The molecule has 0 aromatic carbocycles. The van der Waals surface area contributed by atoms with E-state index in [0.29, 0.717) is 25.4 Å². The Bertz CT molecular complexity index is 235. The fourth-order valence-corrected chi connectivity index (χ4v) is 1.31. The number of carbonyl (C=O) groups excluding carboxylic acids is 2. The van der Waals surface area contributed by atoms with Crippen LogP contribution in [0.15, 0.2) is 0 Å². The van der Waals surface area contributed by atoms with E-state index in [0.717, 1.165) is 6.42 Å². The smallest absolute Gasteiger partial charge is 0.236 e. The van der Waals surface area contributed by atoms with Crippen LogP contribution in [0.4, 0.5) is 0 Å². The summed E-state index contributed by atoms with van der Waals surface area (Å²) in [5.41, 5.74) is 5.70. The van der Waals surface area contributed by atoms with E-state index >= 15 is 0 Å². The molecule has 0 aromatic heterocycles. The fourth-order valence-electron chi connectivity index (χ4n) is 1.31. The molecule has 0 aromatic rings. The van der Waals surface area contributed by atoms with Gasteiger partial charge in [0.25, 0.3) is 0 Å². The molecular weight excluding hydrogens is 242 g/mol. The van der Waals surface area contributed by atoms with Crippen LogP contribution in [0.1, 0.15) is 33.6 Å². The molecule has 0 saturated carbocycles. The summed E-state index contributed by atoms with van der Waals surface area (Å²) in [6.07, 6.45) is 1.41. The van der Waals surface area contributed by atoms with Gasteiger partial charge in [-0.1, -0.05) is 13.8 Å². The average Bonchev–Trinajstić information content (AvgIpc) is 2.15. The van der Waals surface area contributed by atoms with Gasteiger partial charge in [-0.15, -0.1) is 12.4 Å². The summed E-state index contributed by atoms with van der Waals surface area (Å²) in [6, 6.07) is -0.430. The molecule has 0 aliphatic rings. The van der Waals surface area contributed by atoms with Crippen LogP contribution >= 0.6 is 12.4 Å². The van der Waals surface area contributed by atoms with Gasteiger partial charge in [-0.2, -0.15) is 0 Å². The third-order valence-corrected chi connectivity index (χ3v) is 2.09. The van der Waals surface area contributed by atoms with Gasteiger partial charge in [0, 0.05) is 20.0 Å². The molecule has 6 heteroatoms.